The van der Waals surface area contributed by atoms with Gasteiger partial charge in [0.15, 0.2) is 4.77 Å². The van der Waals surface area contributed by atoms with E-state index in [0.717, 1.165) is 5.56 Å². The molecule has 2 N–H and O–H groups in total. The summed E-state index contributed by atoms with van der Waals surface area (Å²) < 4.78 is 1.71. The van der Waals surface area contributed by atoms with E-state index in [-0.39, 0.29) is 24.4 Å². The van der Waals surface area contributed by atoms with Crippen LogP contribution in [0.3, 0.4) is 0 Å². The number of aromatic nitrogens is 3. The molecular formula is C17H16N4O2S. The number of hydrogen-bond acceptors (Lipinski definition) is 4. The topological polar surface area (TPSA) is 79.8 Å². The van der Waals surface area contributed by atoms with Gasteiger partial charge in [-0.3, -0.25) is 14.2 Å². The molecule has 0 saturated heterocycles. The van der Waals surface area contributed by atoms with E-state index < -0.39 is 0 Å². The number of pyridine rings is 1. The van der Waals surface area contributed by atoms with E-state index in [1.165, 1.54) is 4.57 Å². The van der Waals surface area contributed by atoms with Crippen LogP contribution in [0.1, 0.15) is 12.0 Å². The highest BCUT2D eigenvalue weighted by Gasteiger charge is 2.09. The zero-order valence-corrected chi connectivity index (χ0v) is 13.9. The van der Waals surface area contributed by atoms with Gasteiger partial charge in [-0.05, 0) is 42.9 Å². The normalized spacial score (nSPS) is 10.7. The number of aryl methyl sites for hydroxylation is 1. The zero-order valence-electron chi connectivity index (χ0n) is 13.1. The number of benzene rings is 1. The zero-order chi connectivity index (χ0) is 17.1. The number of anilines is 1. The van der Waals surface area contributed by atoms with Crippen molar-refractivity contribution in [1.29, 1.82) is 0 Å². The molecule has 2 heterocycles. The van der Waals surface area contributed by atoms with Crippen molar-refractivity contribution in [3.05, 3.63) is 63.3 Å². The van der Waals surface area contributed by atoms with E-state index >= 15 is 0 Å². The Morgan fingerprint density at radius 1 is 1.29 bits per heavy atom. The molecule has 1 aromatic carbocycles. The van der Waals surface area contributed by atoms with E-state index in [9.17, 15) is 9.59 Å². The van der Waals surface area contributed by atoms with Gasteiger partial charge in [0.1, 0.15) is 5.82 Å². The number of carbonyl (C=O) groups excluding carboxylic acids is 1. The molecule has 3 rings (SSSR count). The van der Waals surface area contributed by atoms with Gasteiger partial charge >= 0.3 is 0 Å². The smallest absolute Gasteiger partial charge is 0.262 e. The van der Waals surface area contributed by atoms with Crippen LogP contribution in [0, 0.1) is 11.7 Å². The molecule has 0 fully saturated rings. The molecule has 0 bridgehead atoms. The quantitative estimate of drug-likeness (QED) is 0.716. The second-order valence-corrected chi connectivity index (χ2v) is 5.79. The van der Waals surface area contributed by atoms with Gasteiger partial charge in [-0.15, -0.1) is 0 Å². The number of rotatable bonds is 4. The van der Waals surface area contributed by atoms with Crippen LogP contribution in [0.25, 0.3) is 10.9 Å². The number of fused-ring (bicyclic) bond motifs is 1. The van der Waals surface area contributed by atoms with Crippen LogP contribution < -0.4 is 10.9 Å². The summed E-state index contributed by atoms with van der Waals surface area (Å²) in [4.78, 5) is 31.8. The van der Waals surface area contributed by atoms with Crippen molar-refractivity contribution in [2.75, 3.05) is 5.32 Å². The van der Waals surface area contributed by atoms with Gasteiger partial charge in [-0.2, -0.15) is 0 Å². The minimum atomic E-state index is -0.216. The molecule has 24 heavy (non-hydrogen) atoms. The number of para-hydroxylation sites is 1. The molecule has 0 aliphatic heterocycles. The first kappa shape index (κ1) is 16.1. The number of amides is 1. The molecule has 6 nitrogen and oxygen atoms in total. The molecule has 0 spiro atoms. The third-order valence-electron chi connectivity index (χ3n) is 3.72. The molecule has 2 aromatic heterocycles. The van der Waals surface area contributed by atoms with Crippen LogP contribution >= 0.6 is 12.2 Å². The average Bonchev–Trinajstić information content (AvgIpc) is 2.57. The van der Waals surface area contributed by atoms with Crippen molar-refractivity contribution in [3.8, 4) is 0 Å². The summed E-state index contributed by atoms with van der Waals surface area (Å²) in [5.41, 5.74) is 1.37. The average molecular weight is 340 g/mol. The lowest BCUT2D eigenvalue weighted by Crippen LogP contribution is -2.25. The summed E-state index contributed by atoms with van der Waals surface area (Å²) in [7, 11) is 0. The van der Waals surface area contributed by atoms with Crippen molar-refractivity contribution in [2.24, 2.45) is 0 Å². The summed E-state index contributed by atoms with van der Waals surface area (Å²) in [6.07, 6.45) is 1.75. The Morgan fingerprint density at radius 3 is 2.88 bits per heavy atom. The van der Waals surface area contributed by atoms with Gasteiger partial charge in [0.2, 0.25) is 5.91 Å². The van der Waals surface area contributed by atoms with Gasteiger partial charge in [0, 0.05) is 19.2 Å². The first-order valence-corrected chi connectivity index (χ1v) is 7.90. The van der Waals surface area contributed by atoms with Crippen LogP contribution in [-0.4, -0.2) is 20.4 Å². The highest BCUT2D eigenvalue weighted by molar-refractivity contribution is 7.71. The molecule has 0 aliphatic rings. The SMILES string of the molecule is Cc1cccnc1NC(=O)CCn1c(=S)[nH]c2ccccc2c1=O. The monoisotopic (exact) mass is 340 g/mol. The van der Waals surface area contributed by atoms with Crippen LogP contribution in [0.15, 0.2) is 47.4 Å². The van der Waals surface area contributed by atoms with Crippen LogP contribution in [-0.2, 0) is 11.3 Å². The Kier molecular flexibility index (Phi) is 4.52. The molecule has 1 amide bonds. The van der Waals surface area contributed by atoms with Gasteiger partial charge in [0.05, 0.1) is 10.9 Å². The fraction of sp³-hybridized carbons (Fsp3) is 0.176. The third kappa shape index (κ3) is 3.26. The predicted molar refractivity (Wildman–Crippen MR) is 95.6 cm³/mol. The van der Waals surface area contributed by atoms with Crippen molar-refractivity contribution < 1.29 is 4.79 Å². The van der Waals surface area contributed by atoms with Crippen molar-refractivity contribution in [1.82, 2.24) is 14.5 Å². The molecular weight excluding hydrogens is 324 g/mol. The lowest BCUT2D eigenvalue weighted by Gasteiger charge is -2.09. The van der Waals surface area contributed by atoms with Crippen molar-refractivity contribution in [2.45, 2.75) is 19.9 Å². The van der Waals surface area contributed by atoms with Crippen molar-refractivity contribution in [3.63, 3.8) is 0 Å². The molecule has 0 atom stereocenters. The van der Waals surface area contributed by atoms with Gasteiger partial charge in [-0.1, -0.05) is 18.2 Å². The first-order chi connectivity index (χ1) is 11.6. The number of carbonyl (C=O) groups is 1. The third-order valence-corrected chi connectivity index (χ3v) is 4.04. The van der Waals surface area contributed by atoms with Gasteiger partial charge < -0.3 is 10.3 Å². The Bertz CT molecular complexity index is 1020. The fourth-order valence-corrected chi connectivity index (χ4v) is 2.71. The maximum atomic E-state index is 12.5. The maximum absolute atomic E-state index is 12.5. The second-order valence-electron chi connectivity index (χ2n) is 5.40. The van der Waals surface area contributed by atoms with Crippen molar-refractivity contribution >= 4 is 34.8 Å². The second kappa shape index (κ2) is 6.76. The number of nitrogens with zero attached hydrogens (tertiary/aromatic N) is 2. The van der Waals surface area contributed by atoms with Gasteiger partial charge in [0.25, 0.3) is 5.56 Å². The van der Waals surface area contributed by atoms with E-state index in [0.29, 0.717) is 21.5 Å². The maximum Gasteiger partial charge on any atom is 0.262 e. The number of hydrogen-bond donors (Lipinski definition) is 2. The summed E-state index contributed by atoms with van der Waals surface area (Å²) >= 11 is 5.23. The molecule has 3 aromatic rings. The summed E-state index contributed by atoms with van der Waals surface area (Å²) in [6.45, 7) is 2.07. The molecule has 7 heteroatoms. The van der Waals surface area contributed by atoms with E-state index in [1.54, 1.807) is 30.5 Å². The van der Waals surface area contributed by atoms with Crippen LogP contribution in [0.5, 0.6) is 0 Å². The highest BCUT2D eigenvalue weighted by Crippen LogP contribution is 2.10. The minimum absolute atomic E-state index is 0.131. The summed E-state index contributed by atoms with van der Waals surface area (Å²) in [6, 6.07) is 10.8. The Morgan fingerprint density at radius 2 is 2.08 bits per heavy atom. The number of nitrogens with one attached hydrogen (secondary N) is 2. The largest absolute Gasteiger partial charge is 0.332 e. The van der Waals surface area contributed by atoms with Crippen LogP contribution in [0.2, 0.25) is 0 Å². The lowest BCUT2D eigenvalue weighted by atomic mass is 10.2. The van der Waals surface area contributed by atoms with E-state index in [4.69, 9.17) is 12.2 Å². The fourth-order valence-electron chi connectivity index (χ4n) is 2.43. The Labute approximate surface area is 143 Å². The number of H-pyrrole nitrogens is 1. The molecule has 0 aliphatic carbocycles. The van der Waals surface area contributed by atoms with Crippen LogP contribution in [0.4, 0.5) is 5.82 Å². The van der Waals surface area contributed by atoms with Gasteiger partial charge in [-0.25, -0.2) is 4.98 Å². The lowest BCUT2D eigenvalue weighted by molar-refractivity contribution is -0.116. The summed E-state index contributed by atoms with van der Waals surface area (Å²) in [5.74, 6) is 0.310. The Balaban J connectivity index is 1.79. The minimum Gasteiger partial charge on any atom is -0.332 e. The number of aromatic amines is 1. The highest BCUT2D eigenvalue weighted by atomic mass is 32.1. The molecule has 0 saturated carbocycles. The first-order valence-electron chi connectivity index (χ1n) is 7.49. The Hall–Kier alpha value is -2.80. The standard InChI is InChI=1S/C17H16N4O2S/c1-11-5-4-9-18-15(11)20-14(22)8-10-21-16(23)12-6-2-3-7-13(12)19-17(21)24/h2-7,9H,8,10H2,1H3,(H,19,24)(H,18,20,22). The molecule has 122 valence electrons. The molecule has 0 unspecified atom stereocenters. The van der Waals surface area contributed by atoms with E-state index in [2.05, 4.69) is 15.3 Å². The summed E-state index contributed by atoms with van der Waals surface area (Å²) in [5, 5.41) is 3.30. The van der Waals surface area contributed by atoms with E-state index in [1.807, 2.05) is 19.1 Å². The predicted octanol–water partition coefficient (Wildman–Crippen LogP) is 2.79. The molecule has 0 radical (unpaired) electrons.